The van der Waals surface area contributed by atoms with Crippen LogP contribution in [-0.4, -0.2) is 7.05 Å². The molecule has 0 aromatic heterocycles. The highest BCUT2D eigenvalue weighted by molar-refractivity contribution is 7.99. The van der Waals surface area contributed by atoms with Crippen molar-refractivity contribution in [3.05, 3.63) is 59.9 Å². The SMILES string of the molecule is CCC(NC)c1ccc(Sc2ccc(F)cc2)cc1. The van der Waals surface area contributed by atoms with E-state index in [-0.39, 0.29) is 5.82 Å². The van der Waals surface area contributed by atoms with Crippen molar-refractivity contribution < 1.29 is 4.39 Å². The van der Waals surface area contributed by atoms with Gasteiger partial charge in [-0.2, -0.15) is 0 Å². The second kappa shape index (κ2) is 6.73. The van der Waals surface area contributed by atoms with E-state index >= 15 is 0 Å². The highest BCUT2D eigenvalue weighted by Crippen LogP contribution is 2.29. The smallest absolute Gasteiger partial charge is 0.123 e. The van der Waals surface area contributed by atoms with Crippen LogP contribution in [0, 0.1) is 5.82 Å². The quantitative estimate of drug-likeness (QED) is 0.852. The molecule has 3 heteroatoms. The standard InChI is InChI=1S/C16H18FNS/c1-3-16(18-2)12-4-8-14(9-5-12)19-15-10-6-13(17)7-11-15/h4-11,16,18H,3H2,1-2H3. The lowest BCUT2D eigenvalue weighted by Gasteiger charge is -2.14. The van der Waals surface area contributed by atoms with Crippen molar-refractivity contribution in [3.8, 4) is 0 Å². The largest absolute Gasteiger partial charge is 0.313 e. The van der Waals surface area contributed by atoms with Gasteiger partial charge in [0.1, 0.15) is 5.82 Å². The Bertz CT molecular complexity index is 503. The lowest BCUT2D eigenvalue weighted by atomic mass is 10.1. The molecule has 0 aliphatic carbocycles. The van der Waals surface area contributed by atoms with E-state index in [2.05, 4.69) is 36.5 Å². The summed E-state index contributed by atoms with van der Waals surface area (Å²) < 4.78 is 12.8. The Hall–Kier alpha value is -1.32. The molecule has 0 saturated carbocycles. The molecule has 0 fully saturated rings. The van der Waals surface area contributed by atoms with Crippen molar-refractivity contribution in [2.75, 3.05) is 7.05 Å². The Kier molecular flexibility index (Phi) is 5.00. The molecule has 0 aliphatic heterocycles. The van der Waals surface area contributed by atoms with Crippen LogP contribution < -0.4 is 5.32 Å². The van der Waals surface area contributed by atoms with Gasteiger partial charge in [0, 0.05) is 15.8 Å². The lowest BCUT2D eigenvalue weighted by molar-refractivity contribution is 0.576. The fourth-order valence-corrected chi connectivity index (χ4v) is 2.83. The molecule has 0 radical (unpaired) electrons. The summed E-state index contributed by atoms with van der Waals surface area (Å²) in [7, 11) is 1.98. The van der Waals surface area contributed by atoms with Crippen LogP contribution in [0.3, 0.4) is 0 Å². The van der Waals surface area contributed by atoms with Crippen molar-refractivity contribution in [3.63, 3.8) is 0 Å². The Balaban J connectivity index is 2.08. The van der Waals surface area contributed by atoms with Gasteiger partial charge in [0.15, 0.2) is 0 Å². The Morgan fingerprint density at radius 2 is 1.53 bits per heavy atom. The molecule has 1 N–H and O–H groups in total. The van der Waals surface area contributed by atoms with Crippen molar-refractivity contribution in [2.45, 2.75) is 29.2 Å². The predicted molar refractivity (Wildman–Crippen MR) is 79.1 cm³/mol. The van der Waals surface area contributed by atoms with Gasteiger partial charge in [-0.25, -0.2) is 4.39 Å². The van der Waals surface area contributed by atoms with Crippen LogP contribution in [-0.2, 0) is 0 Å². The van der Waals surface area contributed by atoms with E-state index in [0.717, 1.165) is 11.3 Å². The monoisotopic (exact) mass is 275 g/mol. The van der Waals surface area contributed by atoms with Crippen molar-refractivity contribution in [1.29, 1.82) is 0 Å². The molecule has 0 bridgehead atoms. The first-order valence-electron chi connectivity index (χ1n) is 6.43. The number of hydrogen-bond acceptors (Lipinski definition) is 2. The Morgan fingerprint density at radius 3 is 2.00 bits per heavy atom. The van der Waals surface area contributed by atoms with E-state index in [1.54, 1.807) is 23.9 Å². The molecule has 0 aliphatic rings. The first-order valence-corrected chi connectivity index (χ1v) is 7.25. The van der Waals surface area contributed by atoms with Crippen molar-refractivity contribution >= 4 is 11.8 Å². The van der Waals surface area contributed by atoms with Crippen LogP contribution in [0.25, 0.3) is 0 Å². The Labute approximate surface area is 118 Å². The zero-order chi connectivity index (χ0) is 13.7. The van der Waals surface area contributed by atoms with Crippen LogP contribution in [0.2, 0.25) is 0 Å². The van der Waals surface area contributed by atoms with Crippen LogP contribution in [0.4, 0.5) is 4.39 Å². The van der Waals surface area contributed by atoms with Crippen LogP contribution in [0.5, 0.6) is 0 Å². The van der Waals surface area contributed by atoms with Crippen LogP contribution in [0.1, 0.15) is 24.9 Å². The van der Waals surface area contributed by atoms with Gasteiger partial charge in [0.25, 0.3) is 0 Å². The molecule has 1 atom stereocenters. The number of rotatable bonds is 5. The molecule has 19 heavy (non-hydrogen) atoms. The zero-order valence-corrected chi connectivity index (χ0v) is 12.0. The van der Waals surface area contributed by atoms with Crippen LogP contribution >= 0.6 is 11.8 Å². The summed E-state index contributed by atoms with van der Waals surface area (Å²) in [5.41, 5.74) is 1.30. The van der Waals surface area contributed by atoms with Gasteiger partial charge in [0.2, 0.25) is 0 Å². The molecule has 0 saturated heterocycles. The van der Waals surface area contributed by atoms with Crippen LogP contribution in [0.15, 0.2) is 58.3 Å². The third-order valence-electron chi connectivity index (χ3n) is 3.09. The third kappa shape index (κ3) is 3.82. The van der Waals surface area contributed by atoms with Crippen molar-refractivity contribution in [2.24, 2.45) is 0 Å². The first kappa shape index (κ1) is 14.1. The molecule has 2 aromatic carbocycles. The average molecular weight is 275 g/mol. The van der Waals surface area contributed by atoms with Gasteiger partial charge >= 0.3 is 0 Å². The molecular weight excluding hydrogens is 257 g/mol. The normalized spacial score (nSPS) is 12.4. The van der Waals surface area contributed by atoms with E-state index in [9.17, 15) is 4.39 Å². The van der Waals surface area contributed by atoms with E-state index in [1.165, 1.54) is 22.6 Å². The van der Waals surface area contributed by atoms with E-state index in [0.29, 0.717) is 6.04 Å². The van der Waals surface area contributed by atoms with Gasteiger partial charge in [-0.05, 0) is 55.4 Å². The average Bonchev–Trinajstić information content (AvgIpc) is 2.44. The predicted octanol–water partition coefficient (Wildman–Crippen LogP) is 4.65. The number of nitrogens with one attached hydrogen (secondary N) is 1. The van der Waals surface area contributed by atoms with Crippen molar-refractivity contribution in [1.82, 2.24) is 5.32 Å². The third-order valence-corrected chi connectivity index (χ3v) is 4.10. The summed E-state index contributed by atoms with van der Waals surface area (Å²) in [5.74, 6) is -0.195. The summed E-state index contributed by atoms with van der Waals surface area (Å²) in [4.78, 5) is 2.22. The number of benzene rings is 2. The van der Waals surface area contributed by atoms with E-state index in [4.69, 9.17) is 0 Å². The lowest BCUT2D eigenvalue weighted by Crippen LogP contribution is -2.14. The molecule has 100 valence electrons. The fourth-order valence-electron chi connectivity index (χ4n) is 2.01. The maximum atomic E-state index is 12.8. The van der Waals surface area contributed by atoms with Gasteiger partial charge in [-0.1, -0.05) is 30.8 Å². The molecule has 1 unspecified atom stereocenters. The highest BCUT2D eigenvalue weighted by atomic mass is 32.2. The molecule has 0 amide bonds. The number of hydrogen-bond donors (Lipinski definition) is 1. The minimum Gasteiger partial charge on any atom is -0.313 e. The summed E-state index contributed by atoms with van der Waals surface area (Å²) in [6.07, 6.45) is 1.07. The first-order chi connectivity index (χ1) is 9.22. The summed E-state index contributed by atoms with van der Waals surface area (Å²) in [6.45, 7) is 2.17. The highest BCUT2D eigenvalue weighted by Gasteiger charge is 2.06. The second-order valence-corrected chi connectivity index (χ2v) is 5.52. The Morgan fingerprint density at radius 1 is 1.00 bits per heavy atom. The van der Waals surface area contributed by atoms with Gasteiger partial charge in [-0.15, -0.1) is 0 Å². The van der Waals surface area contributed by atoms with E-state index in [1.807, 2.05) is 7.05 Å². The summed E-state index contributed by atoms with van der Waals surface area (Å²) in [6, 6.07) is 15.5. The maximum absolute atomic E-state index is 12.8. The topological polar surface area (TPSA) is 12.0 Å². The summed E-state index contributed by atoms with van der Waals surface area (Å²) in [5, 5.41) is 3.29. The second-order valence-electron chi connectivity index (χ2n) is 4.37. The molecule has 0 heterocycles. The molecule has 2 aromatic rings. The summed E-state index contributed by atoms with van der Waals surface area (Å²) >= 11 is 1.64. The minimum atomic E-state index is -0.195. The van der Waals surface area contributed by atoms with E-state index < -0.39 is 0 Å². The van der Waals surface area contributed by atoms with Gasteiger partial charge in [0.05, 0.1) is 0 Å². The van der Waals surface area contributed by atoms with Gasteiger partial charge < -0.3 is 5.32 Å². The molecule has 2 rings (SSSR count). The van der Waals surface area contributed by atoms with Gasteiger partial charge in [-0.3, -0.25) is 0 Å². The maximum Gasteiger partial charge on any atom is 0.123 e. The fraction of sp³-hybridized carbons (Fsp3) is 0.250. The minimum absolute atomic E-state index is 0.195. The molecular formula is C16H18FNS. The molecule has 1 nitrogen and oxygen atoms in total. The molecule has 0 spiro atoms. The number of halogens is 1. The zero-order valence-electron chi connectivity index (χ0n) is 11.2.